The second-order valence-electron chi connectivity index (χ2n) is 13.8. The molecule has 2 aliphatic carbocycles. The van der Waals surface area contributed by atoms with Gasteiger partial charge in [-0.05, 0) is 98.8 Å². The van der Waals surface area contributed by atoms with E-state index in [4.69, 9.17) is 9.47 Å². The van der Waals surface area contributed by atoms with Gasteiger partial charge in [-0.15, -0.1) is 0 Å². The lowest BCUT2D eigenvalue weighted by molar-refractivity contribution is -0.185. The third-order valence-corrected chi connectivity index (χ3v) is 10.4. The zero-order chi connectivity index (χ0) is 33.6. The maximum absolute atomic E-state index is 13.7. The number of esters is 2. The van der Waals surface area contributed by atoms with Crippen LogP contribution < -0.4 is 0 Å². The molecule has 0 saturated carbocycles. The number of hydrogen-bond acceptors (Lipinski definition) is 6. The number of aromatic nitrogens is 2. The number of carbonyl (C=O) groups excluding carboxylic acids is 2. The molecule has 0 bridgehead atoms. The quantitative estimate of drug-likeness (QED) is 0.0968. The van der Waals surface area contributed by atoms with Crippen LogP contribution >= 0.6 is 0 Å². The number of ether oxygens (including phenoxy) is 2. The Balaban J connectivity index is 1.19. The lowest BCUT2D eigenvalue weighted by Gasteiger charge is -2.34. The number of benzene rings is 2. The molecule has 0 N–H and O–H groups in total. The van der Waals surface area contributed by atoms with Crippen molar-refractivity contribution in [2.24, 2.45) is 14.1 Å². The summed E-state index contributed by atoms with van der Waals surface area (Å²) in [7, 11) is 8.10. The van der Waals surface area contributed by atoms with Crippen LogP contribution in [-0.4, -0.2) is 57.4 Å². The molecule has 0 spiro atoms. The Hall–Kier alpha value is -4.14. The third kappa shape index (κ3) is 7.93. The fraction of sp³-hybridized carbons (Fsp3) is 0.450. The molecule has 0 aliphatic heterocycles. The molecule has 0 saturated heterocycles. The molecule has 2 aromatic heterocycles. The Kier molecular flexibility index (Phi) is 10.8. The summed E-state index contributed by atoms with van der Waals surface area (Å²) in [6.45, 7) is 1.18. The molecule has 4 unspecified atom stereocenters. The first-order valence-corrected chi connectivity index (χ1v) is 17.4. The van der Waals surface area contributed by atoms with E-state index in [9.17, 15) is 9.59 Å². The van der Waals surface area contributed by atoms with Crippen LogP contribution in [0.15, 0.2) is 85.2 Å². The monoisotopic (exact) mass is 650 g/mol. The topological polar surface area (TPSA) is 68.9 Å². The van der Waals surface area contributed by atoms with Crippen LogP contribution in [0.5, 0.6) is 0 Å². The molecular formula is C40H50N4O4. The summed E-state index contributed by atoms with van der Waals surface area (Å²) in [5.74, 6) is -1.41. The highest BCUT2D eigenvalue weighted by atomic mass is 16.6. The zero-order valence-electron chi connectivity index (χ0n) is 28.9. The van der Waals surface area contributed by atoms with Gasteiger partial charge in [-0.3, -0.25) is 9.80 Å². The van der Waals surface area contributed by atoms with Crippen molar-refractivity contribution in [2.75, 3.05) is 14.1 Å². The minimum Gasteiger partial charge on any atom is -0.438 e. The molecule has 2 heterocycles. The number of hydrogen-bond donors (Lipinski definition) is 0. The van der Waals surface area contributed by atoms with Crippen molar-refractivity contribution < 1.29 is 19.1 Å². The first-order valence-electron chi connectivity index (χ1n) is 17.4. The molecular weight excluding hydrogens is 600 g/mol. The Morgan fingerprint density at radius 1 is 0.667 bits per heavy atom. The van der Waals surface area contributed by atoms with Gasteiger partial charge in [0, 0.05) is 63.8 Å². The minimum absolute atomic E-state index is 0.234. The molecule has 0 radical (unpaired) electrons. The summed E-state index contributed by atoms with van der Waals surface area (Å²) < 4.78 is 16.6. The average molecular weight is 651 g/mol. The van der Waals surface area contributed by atoms with Crippen LogP contribution in [0.3, 0.4) is 0 Å². The molecule has 2 aliphatic rings. The van der Waals surface area contributed by atoms with Crippen molar-refractivity contribution in [1.82, 2.24) is 18.9 Å². The molecule has 0 amide bonds. The van der Waals surface area contributed by atoms with Crippen LogP contribution in [0.2, 0.25) is 0 Å². The van der Waals surface area contributed by atoms with Gasteiger partial charge >= 0.3 is 11.9 Å². The van der Waals surface area contributed by atoms with Crippen LogP contribution in [0.1, 0.15) is 84.0 Å². The summed E-state index contributed by atoms with van der Waals surface area (Å²) in [6, 6.07) is 24.7. The summed E-state index contributed by atoms with van der Waals surface area (Å²) >= 11 is 0. The summed E-state index contributed by atoms with van der Waals surface area (Å²) in [6.07, 6.45) is 10.6. The van der Waals surface area contributed by atoms with Gasteiger partial charge in [0.2, 0.25) is 0 Å². The SMILES string of the molecule is CN(Cc1ccccc1)C(CC1CCCc2c1ccn2C)OC(=O)C(=O)OC(CC1CCCc2c1ccn2C)N(C)Cc1ccccc1. The van der Waals surface area contributed by atoms with Gasteiger partial charge in [0.1, 0.15) is 0 Å². The fourth-order valence-electron chi connectivity index (χ4n) is 7.79. The predicted molar refractivity (Wildman–Crippen MR) is 187 cm³/mol. The fourth-order valence-corrected chi connectivity index (χ4v) is 7.79. The summed E-state index contributed by atoms with van der Waals surface area (Å²) in [5, 5.41) is 0. The van der Waals surface area contributed by atoms with Gasteiger partial charge in [-0.2, -0.15) is 0 Å². The molecule has 6 rings (SSSR count). The van der Waals surface area contributed by atoms with E-state index in [-0.39, 0.29) is 11.8 Å². The predicted octanol–water partition coefficient (Wildman–Crippen LogP) is 6.69. The van der Waals surface area contributed by atoms with Gasteiger partial charge in [0.25, 0.3) is 0 Å². The van der Waals surface area contributed by atoms with E-state index >= 15 is 0 Å². The number of fused-ring (bicyclic) bond motifs is 2. The largest absolute Gasteiger partial charge is 0.438 e. The van der Waals surface area contributed by atoms with Crippen LogP contribution in [0.4, 0.5) is 0 Å². The molecule has 254 valence electrons. The van der Waals surface area contributed by atoms with E-state index in [2.05, 4.69) is 72.0 Å². The van der Waals surface area contributed by atoms with Crippen molar-refractivity contribution in [3.8, 4) is 0 Å². The van der Waals surface area contributed by atoms with E-state index < -0.39 is 24.4 Å². The maximum atomic E-state index is 13.7. The standard InChI is InChI=1S/C40H50N4O4/c1-41-23-21-33-31(17-11-19-35(33)41)25-37(43(3)27-29-13-7-5-8-14-29)47-39(45)40(46)48-38(44(4)28-30-15-9-6-10-16-30)26-32-18-12-20-36-34(32)22-24-42(36)2/h5-10,13-16,21-24,31-32,37-38H,11-12,17-20,25-28H2,1-4H3. The Morgan fingerprint density at radius 2 is 1.06 bits per heavy atom. The summed E-state index contributed by atoms with van der Waals surface area (Å²) in [5.41, 5.74) is 7.54. The molecule has 8 nitrogen and oxygen atoms in total. The van der Waals surface area contributed by atoms with E-state index in [1.54, 1.807) is 0 Å². The Bertz CT molecular complexity index is 1540. The first kappa shape index (κ1) is 33.7. The van der Waals surface area contributed by atoms with Crippen LogP contribution in [0.25, 0.3) is 0 Å². The Morgan fingerprint density at radius 3 is 1.46 bits per heavy atom. The first-order chi connectivity index (χ1) is 23.3. The lowest BCUT2D eigenvalue weighted by Crippen LogP contribution is -2.42. The van der Waals surface area contributed by atoms with Crippen molar-refractivity contribution in [2.45, 2.75) is 88.7 Å². The number of carbonyl (C=O) groups is 2. The summed E-state index contributed by atoms with van der Waals surface area (Å²) in [4.78, 5) is 31.4. The molecule has 2 aromatic carbocycles. The minimum atomic E-state index is -0.939. The smallest absolute Gasteiger partial charge is 0.419 e. The van der Waals surface area contributed by atoms with E-state index in [1.807, 2.05) is 60.3 Å². The number of nitrogens with zero attached hydrogens (tertiary/aromatic N) is 4. The van der Waals surface area contributed by atoms with Crippen molar-refractivity contribution in [1.29, 1.82) is 0 Å². The van der Waals surface area contributed by atoms with Gasteiger partial charge in [-0.25, -0.2) is 9.59 Å². The van der Waals surface area contributed by atoms with Crippen LogP contribution in [-0.2, 0) is 59.1 Å². The number of aryl methyl sites for hydroxylation is 2. The molecule has 48 heavy (non-hydrogen) atoms. The highest BCUT2D eigenvalue weighted by Gasteiger charge is 2.34. The van der Waals surface area contributed by atoms with Crippen LogP contribution in [0, 0.1) is 0 Å². The van der Waals surface area contributed by atoms with Gasteiger partial charge in [0.05, 0.1) is 0 Å². The maximum Gasteiger partial charge on any atom is 0.419 e. The lowest BCUT2D eigenvalue weighted by atomic mass is 9.84. The van der Waals surface area contributed by atoms with E-state index in [0.717, 1.165) is 49.7 Å². The van der Waals surface area contributed by atoms with Gasteiger partial charge in [-0.1, -0.05) is 60.7 Å². The van der Waals surface area contributed by atoms with Crippen molar-refractivity contribution in [3.63, 3.8) is 0 Å². The normalized spacial score (nSPS) is 18.6. The van der Waals surface area contributed by atoms with Gasteiger partial charge < -0.3 is 18.6 Å². The molecule has 4 atom stereocenters. The Labute approximate surface area is 285 Å². The zero-order valence-corrected chi connectivity index (χ0v) is 28.9. The molecule has 8 heteroatoms. The van der Waals surface area contributed by atoms with E-state index in [1.165, 1.54) is 22.5 Å². The molecule has 0 fully saturated rings. The molecule has 4 aromatic rings. The third-order valence-electron chi connectivity index (χ3n) is 10.4. The second kappa shape index (κ2) is 15.4. The second-order valence-corrected chi connectivity index (χ2v) is 13.8. The number of rotatable bonds is 12. The highest BCUT2D eigenvalue weighted by molar-refractivity contribution is 6.29. The van der Waals surface area contributed by atoms with Crippen molar-refractivity contribution in [3.05, 3.63) is 119 Å². The average Bonchev–Trinajstić information content (AvgIpc) is 3.67. The highest BCUT2D eigenvalue weighted by Crippen LogP contribution is 2.38. The van der Waals surface area contributed by atoms with Gasteiger partial charge in [0.15, 0.2) is 12.5 Å². The van der Waals surface area contributed by atoms with E-state index in [0.29, 0.717) is 25.9 Å². The van der Waals surface area contributed by atoms with Crippen molar-refractivity contribution >= 4 is 11.9 Å².